The molecule has 1 unspecified atom stereocenters. The SMILES string of the molecule is [2H]C1(c2cc(F)cc(F)c2)CC=NN1C(=O)n1ccnc1. The average molecular weight is 277 g/mol. The number of benzene rings is 1. The van der Waals surface area contributed by atoms with Gasteiger partial charge in [0, 0.05) is 31.1 Å². The van der Waals surface area contributed by atoms with Crippen LogP contribution in [0.15, 0.2) is 42.0 Å². The van der Waals surface area contributed by atoms with E-state index in [-0.39, 0.29) is 12.0 Å². The molecule has 2 aromatic rings. The Morgan fingerprint density at radius 2 is 2.10 bits per heavy atom. The van der Waals surface area contributed by atoms with Crippen molar-refractivity contribution in [2.24, 2.45) is 5.10 Å². The van der Waals surface area contributed by atoms with Crippen molar-refractivity contribution in [3.05, 3.63) is 54.1 Å². The minimum Gasteiger partial charge on any atom is -0.257 e. The summed E-state index contributed by atoms with van der Waals surface area (Å²) in [5.74, 6) is -1.61. The number of imidazole rings is 1. The van der Waals surface area contributed by atoms with Gasteiger partial charge in [-0.3, -0.25) is 4.57 Å². The number of carbonyl (C=O) groups is 1. The van der Waals surface area contributed by atoms with Crippen molar-refractivity contribution in [3.8, 4) is 0 Å². The molecule has 5 nitrogen and oxygen atoms in total. The van der Waals surface area contributed by atoms with Crippen molar-refractivity contribution in [2.75, 3.05) is 0 Å². The van der Waals surface area contributed by atoms with E-state index in [0.717, 1.165) is 21.7 Å². The molecule has 0 saturated carbocycles. The van der Waals surface area contributed by atoms with Gasteiger partial charge in [0.15, 0.2) is 0 Å². The summed E-state index contributed by atoms with van der Waals surface area (Å²) < 4.78 is 36.3. The highest BCUT2D eigenvalue weighted by Gasteiger charge is 2.29. The van der Waals surface area contributed by atoms with E-state index in [1.165, 1.54) is 24.9 Å². The first-order chi connectivity index (χ1) is 10.0. The summed E-state index contributed by atoms with van der Waals surface area (Å²) in [5, 5.41) is 4.74. The number of aromatic nitrogens is 2. The van der Waals surface area contributed by atoms with E-state index >= 15 is 0 Å². The summed E-state index contributed by atoms with van der Waals surface area (Å²) >= 11 is 0. The van der Waals surface area contributed by atoms with Crippen molar-refractivity contribution < 1.29 is 14.9 Å². The molecule has 0 bridgehead atoms. The standard InChI is InChI=1S/C13H10F2N4O/c14-10-5-9(6-11(15)7-10)12-1-2-17-19(12)13(20)18-4-3-16-8-18/h2-8,12H,1H2/i12D. The predicted molar refractivity (Wildman–Crippen MR) is 67.1 cm³/mol. The number of halogens is 2. The van der Waals surface area contributed by atoms with E-state index in [1.807, 2.05) is 0 Å². The zero-order valence-electron chi connectivity index (χ0n) is 11.2. The maximum Gasteiger partial charge on any atom is 0.350 e. The van der Waals surface area contributed by atoms with Crippen LogP contribution < -0.4 is 0 Å². The third kappa shape index (κ3) is 2.18. The van der Waals surface area contributed by atoms with Gasteiger partial charge in [-0.1, -0.05) is 0 Å². The van der Waals surface area contributed by atoms with Gasteiger partial charge in [-0.25, -0.2) is 23.6 Å². The van der Waals surface area contributed by atoms with Crippen LogP contribution in [0.5, 0.6) is 0 Å². The van der Waals surface area contributed by atoms with E-state index in [4.69, 9.17) is 1.37 Å². The number of nitrogens with zero attached hydrogens (tertiary/aromatic N) is 4. The first-order valence-electron chi connectivity index (χ1n) is 6.32. The number of hydrazone groups is 1. The Morgan fingerprint density at radius 1 is 1.35 bits per heavy atom. The van der Waals surface area contributed by atoms with Crippen LogP contribution >= 0.6 is 0 Å². The van der Waals surface area contributed by atoms with Crippen molar-refractivity contribution in [1.82, 2.24) is 14.6 Å². The number of rotatable bonds is 1. The van der Waals surface area contributed by atoms with Gasteiger partial charge in [0.1, 0.15) is 18.0 Å². The van der Waals surface area contributed by atoms with E-state index in [0.29, 0.717) is 6.07 Å². The highest BCUT2D eigenvalue weighted by molar-refractivity contribution is 5.80. The van der Waals surface area contributed by atoms with Gasteiger partial charge in [0.05, 0.1) is 7.39 Å². The zero-order valence-corrected chi connectivity index (χ0v) is 10.2. The Bertz CT molecular complexity index is 699. The molecule has 7 heteroatoms. The second-order valence-corrected chi connectivity index (χ2v) is 4.17. The molecule has 1 amide bonds. The molecular formula is C13H10F2N4O. The fourth-order valence-corrected chi connectivity index (χ4v) is 1.97. The molecule has 0 aliphatic carbocycles. The molecule has 1 aromatic heterocycles. The van der Waals surface area contributed by atoms with Gasteiger partial charge in [0.2, 0.25) is 0 Å². The summed E-state index contributed by atoms with van der Waals surface area (Å²) in [7, 11) is 0. The molecule has 1 aromatic carbocycles. The minimum atomic E-state index is -1.69. The van der Waals surface area contributed by atoms with Gasteiger partial charge in [-0.05, 0) is 17.7 Å². The average Bonchev–Trinajstić information content (AvgIpc) is 3.06. The predicted octanol–water partition coefficient (Wildman–Crippen LogP) is 2.56. The molecule has 1 aliphatic heterocycles. The summed E-state index contributed by atoms with van der Waals surface area (Å²) in [6.07, 6.45) is 5.48. The summed E-state index contributed by atoms with van der Waals surface area (Å²) in [5.41, 5.74) is 0.0194. The van der Waals surface area contributed by atoms with Crippen LogP contribution in [0.1, 0.15) is 19.4 Å². The van der Waals surface area contributed by atoms with Crippen LogP contribution in [0.25, 0.3) is 0 Å². The number of carbonyl (C=O) groups excluding carboxylic acids is 1. The fraction of sp³-hybridized carbons (Fsp3) is 0.154. The number of hydrogen-bond donors (Lipinski definition) is 0. The van der Waals surface area contributed by atoms with E-state index in [1.54, 1.807) is 0 Å². The maximum atomic E-state index is 13.4. The molecule has 20 heavy (non-hydrogen) atoms. The van der Waals surface area contributed by atoms with Crippen molar-refractivity contribution in [3.63, 3.8) is 0 Å². The van der Waals surface area contributed by atoms with Crippen LogP contribution in [0.2, 0.25) is 0 Å². The lowest BCUT2D eigenvalue weighted by Gasteiger charge is -2.22. The second kappa shape index (κ2) is 4.84. The van der Waals surface area contributed by atoms with Gasteiger partial charge in [-0.15, -0.1) is 0 Å². The Morgan fingerprint density at radius 3 is 2.75 bits per heavy atom. The molecule has 0 radical (unpaired) electrons. The van der Waals surface area contributed by atoms with Crippen LogP contribution in [0, 0.1) is 11.6 Å². The third-order valence-electron chi connectivity index (χ3n) is 2.84. The van der Waals surface area contributed by atoms with Gasteiger partial charge >= 0.3 is 6.03 Å². The first-order valence-corrected chi connectivity index (χ1v) is 5.82. The highest BCUT2D eigenvalue weighted by Crippen LogP contribution is 2.29. The normalized spacial score (nSPS) is 22.1. The molecule has 3 rings (SSSR count). The van der Waals surface area contributed by atoms with Crippen LogP contribution in [0.3, 0.4) is 0 Å². The van der Waals surface area contributed by atoms with Gasteiger partial charge in [-0.2, -0.15) is 5.10 Å². The Hall–Kier alpha value is -2.57. The quantitative estimate of drug-likeness (QED) is 0.804. The minimum absolute atomic E-state index is 0.0194. The Labute approximate surface area is 114 Å². The largest absolute Gasteiger partial charge is 0.350 e. The lowest BCUT2D eigenvalue weighted by molar-refractivity contribution is 0.187. The van der Waals surface area contributed by atoms with Crippen molar-refractivity contribution in [2.45, 2.75) is 12.4 Å². The third-order valence-corrected chi connectivity index (χ3v) is 2.84. The van der Waals surface area contributed by atoms with E-state index in [9.17, 15) is 13.6 Å². The highest BCUT2D eigenvalue weighted by atomic mass is 19.1. The topological polar surface area (TPSA) is 50.5 Å². The number of hydrogen-bond acceptors (Lipinski definition) is 3. The van der Waals surface area contributed by atoms with Gasteiger partial charge < -0.3 is 0 Å². The molecule has 102 valence electrons. The van der Waals surface area contributed by atoms with Crippen LogP contribution in [-0.2, 0) is 0 Å². The van der Waals surface area contributed by atoms with Crippen LogP contribution in [-0.4, -0.2) is 26.8 Å². The summed E-state index contributed by atoms with van der Waals surface area (Å²) in [6.45, 7) is 0. The maximum absolute atomic E-state index is 13.4. The van der Waals surface area contributed by atoms with Crippen molar-refractivity contribution >= 4 is 12.2 Å². The number of amides is 1. The molecule has 0 N–H and O–H groups in total. The molecule has 1 atom stereocenters. The van der Waals surface area contributed by atoms with E-state index < -0.39 is 23.7 Å². The van der Waals surface area contributed by atoms with Gasteiger partial charge in [0.25, 0.3) is 0 Å². The molecule has 0 saturated heterocycles. The molecular weight excluding hydrogens is 266 g/mol. The lowest BCUT2D eigenvalue weighted by Crippen LogP contribution is -2.30. The van der Waals surface area contributed by atoms with Crippen LogP contribution in [0.4, 0.5) is 13.6 Å². The zero-order chi connectivity index (χ0) is 15.0. The summed E-state index contributed by atoms with van der Waals surface area (Å²) in [6, 6.07) is 0.452. The Balaban J connectivity index is 2.01. The molecule has 2 heterocycles. The molecule has 1 aliphatic rings. The molecule has 0 fully saturated rings. The first kappa shape index (κ1) is 11.3. The fourth-order valence-electron chi connectivity index (χ4n) is 1.97. The Kier molecular flexibility index (Phi) is 2.73. The molecule has 0 spiro atoms. The monoisotopic (exact) mass is 277 g/mol. The van der Waals surface area contributed by atoms with E-state index in [2.05, 4.69) is 10.1 Å². The van der Waals surface area contributed by atoms with Crippen molar-refractivity contribution in [1.29, 1.82) is 0 Å². The smallest absolute Gasteiger partial charge is 0.257 e. The second-order valence-electron chi connectivity index (χ2n) is 4.17. The summed E-state index contributed by atoms with van der Waals surface area (Å²) in [4.78, 5) is 16.0. The lowest BCUT2D eigenvalue weighted by atomic mass is 10.0.